The average Bonchev–Trinajstić information content (AvgIpc) is 3.32. The van der Waals surface area contributed by atoms with Crippen molar-refractivity contribution in [2.75, 3.05) is 13.1 Å². The summed E-state index contributed by atoms with van der Waals surface area (Å²) in [6.07, 6.45) is 5.71. The smallest absolute Gasteiger partial charge is 0.254 e. The van der Waals surface area contributed by atoms with Crippen molar-refractivity contribution >= 4 is 23.2 Å². The van der Waals surface area contributed by atoms with E-state index in [9.17, 15) is 14.7 Å². The van der Waals surface area contributed by atoms with Gasteiger partial charge in [-0.25, -0.2) is 4.98 Å². The number of rotatable bonds is 9. The third-order valence-corrected chi connectivity index (χ3v) is 9.55. The Morgan fingerprint density at radius 2 is 1.90 bits per heavy atom. The van der Waals surface area contributed by atoms with E-state index in [4.69, 9.17) is 0 Å². The van der Waals surface area contributed by atoms with Crippen molar-refractivity contribution in [2.24, 2.45) is 0 Å². The Morgan fingerprint density at radius 3 is 2.60 bits per heavy atom. The summed E-state index contributed by atoms with van der Waals surface area (Å²) < 4.78 is 0. The van der Waals surface area contributed by atoms with Gasteiger partial charge in [0.05, 0.1) is 18.2 Å². The summed E-state index contributed by atoms with van der Waals surface area (Å²) in [7, 11) is 0. The van der Waals surface area contributed by atoms with E-state index in [1.807, 2.05) is 59.7 Å². The number of aromatic nitrogens is 1. The number of carbonyl (C=O) groups is 2. The van der Waals surface area contributed by atoms with Crippen LogP contribution < -0.4 is 10.6 Å². The SMILES string of the molecule is Cc1csc(C2CCCN2C(=O)c2cc(C(=O)N[C@@H](Cc3ccccc3)[C@H](O)C3CCCN3)cc(C3CC3)c2)n1. The molecule has 2 amide bonds. The maximum atomic E-state index is 13.9. The molecule has 2 saturated heterocycles. The second-order valence-corrected chi connectivity index (χ2v) is 12.5. The van der Waals surface area contributed by atoms with Crippen molar-refractivity contribution in [3.8, 4) is 0 Å². The number of nitrogens with zero attached hydrogens (tertiary/aromatic N) is 2. The summed E-state index contributed by atoms with van der Waals surface area (Å²) in [5, 5.41) is 20.9. The van der Waals surface area contributed by atoms with Gasteiger partial charge < -0.3 is 20.6 Å². The molecule has 0 radical (unpaired) electrons. The fourth-order valence-corrected chi connectivity index (χ4v) is 7.12. The van der Waals surface area contributed by atoms with E-state index < -0.39 is 12.1 Å². The molecule has 40 heavy (non-hydrogen) atoms. The Bertz CT molecular complexity index is 1350. The molecule has 1 aliphatic carbocycles. The minimum Gasteiger partial charge on any atom is -0.389 e. The van der Waals surface area contributed by atoms with Gasteiger partial charge in [0.15, 0.2) is 0 Å². The van der Waals surface area contributed by atoms with E-state index in [1.165, 1.54) is 0 Å². The van der Waals surface area contributed by atoms with Crippen LogP contribution in [0.3, 0.4) is 0 Å². The molecule has 3 N–H and O–H groups in total. The number of carbonyl (C=O) groups excluding carboxylic acids is 2. The molecule has 0 spiro atoms. The normalized spacial score (nSPS) is 22.3. The van der Waals surface area contributed by atoms with Crippen LogP contribution in [-0.2, 0) is 6.42 Å². The molecule has 1 saturated carbocycles. The molecule has 3 fully saturated rings. The first-order chi connectivity index (χ1) is 19.5. The molecule has 3 aliphatic rings. The largest absolute Gasteiger partial charge is 0.389 e. The molecule has 4 atom stereocenters. The number of hydrogen-bond donors (Lipinski definition) is 3. The van der Waals surface area contributed by atoms with Crippen LogP contribution >= 0.6 is 11.3 Å². The maximum absolute atomic E-state index is 13.9. The van der Waals surface area contributed by atoms with Crippen LogP contribution in [-0.4, -0.2) is 58.1 Å². The minimum atomic E-state index is -0.716. The molecule has 2 aliphatic heterocycles. The van der Waals surface area contributed by atoms with E-state index >= 15 is 0 Å². The molecule has 3 aromatic rings. The van der Waals surface area contributed by atoms with Crippen LogP contribution in [0.4, 0.5) is 0 Å². The van der Waals surface area contributed by atoms with Gasteiger partial charge in [0.1, 0.15) is 5.01 Å². The monoisotopic (exact) mass is 558 g/mol. The molecule has 7 nitrogen and oxygen atoms in total. The highest BCUT2D eigenvalue weighted by Gasteiger charge is 2.35. The molecular formula is C32H38N4O3S. The number of aryl methyl sites for hydroxylation is 1. The average molecular weight is 559 g/mol. The Labute approximate surface area is 240 Å². The number of benzene rings is 2. The molecule has 2 aromatic carbocycles. The number of aliphatic hydroxyl groups excluding tert-OH is 1. The summed E-state index contributed by atoms with van der Waals surface area (Å²) in [5.41, 5.74) is 4.14. The standard InChI is InChI=1S/C32H38N4O3S/c1-20-19-40-31(34-20)28-10-6-14-36(28)32(39)25-17-23(22-11-12-22)16-24(18-25)30(38)35-27(15-21-7-3-2-4-8-21)29(37)26-9-5-13-33-26/h2-4,7-8,16-19,22,26-29,33,37H,5-6,9-15H2,1H3,(H,35,38)/t26?,27-,28?,29+/m0/s1. The predicted molar refractivity (Wildman–Crippen MR) is 157 cm³/mol. The minimum absolute atomic E-state index is 0.0163. The van der Waals surface area contributed by atoms with Crippen LogP contribution in [0.25, 0.3) is 0 Å². The zero-order valence-corrected chi connectivity index (χ0v) is 23.8. The first-order valence-electron chi connectivity index (χ1n) is 14.6. The molecule has 8 heteroatoms. The van der Waals surface area contributed by atoms with E-state index in [0.717, 1.165) is 66.9 Å². The Morgan fingerprint density at radius 1 is 1.10 bits per heavy atom. The highest BCUT2D eigenvalue weighted by atomic mass is 32.1. The number of nitrogens with one attached hydrogen (secondary N) is 2. The van der Waals surface area contributed by atoms with Gasteiger partial charge in [0, 0.05) is 34.8 Å². The summed E-state index contributed by atoms with van der Waals surface area (Å²) >= 11 is 1.61. The van der Waals surface area contributed by atoms with Crippen LogP contribution in [0.15, 0.2) is 53.9 Å². The predicted octanol–water partition coefficient (Wildman–Crippen LogP) is 4.76. The first kappa shape index (κ1) is 27.1. The lowest BCUT2D eigenvalue weighted by molar-refractivity contribution is 0.0733. The van der Waals surface area contributed by atoms with Crippen molar-refractivity contribution < 1.29 is 14.7 Å². The van der Waals surface area contributed by atoms with Crippen LogP contribution in [0.2, 0.25) is 0 Å². The number of thiazole rings is 1. The summed E-state index contributed by atoms with van der Waals surface area (Å²) in [6, 6.07) is 15.1. The van der Waals surface area contributed by atoms with Gasteiger partial charge in [-0.1, -0.05) is 30.3 Å². The van der Waals surface area contributed by atoms with Gasteiger partial charge >= 0.3 is 0 Å². The number of hydrogen-bond acceptors (Lipinski definition) is 6. The summed E-state index contributed by atoms with van der Waals surface area (Å²) in [5.74, 6) is 0.106. The third kappa shape index (κ3) is 5.99. The Hall–Kier alpha value is -3.07. The van der Waals surface area contributed by atoms with Crippen molar-refractivity contribution in [1.82, 2.24) is 20.5 Å². The second-order valence-electron chi connectivity index (χ2n) is 11.6. The van der Waals surface area contributed by atoms with E-state index in [1.54, 1.807) is 17.4 Å². The first-order valence-corrected chi connectivity index (χ1v) is 15.5. The van der Waals surface area contributed by atoms with Crippen LogP contribution in [0.1, 0.15) is 93.0 Å². The topological polar surface area (TPSA) is 94.6 Å². The Kier molecular flexibility index (Phi) is 8.01. The lowest BCUT2D eigenvalue weighted by Crippen LogP contribution is -2.52. The number of likely N-dealkylation sites (tertiary alicyclic amines) is 1. The van der Waals surface area contributed by atoms with Crippen LogP contribution in [0.5, 0.6) is 0 Å². The quantitative estimate of drug-likeness (QED) is 0.352. The fourth-order valence-electron chi connectivity index (χ4n) is 6.18. The van der Waals surface area contributed by atoms with E-state index in [-0.39, 0.29) is 23.9 Å². The molecule has 1 aromatic heterocycles. The van der Waals surface area contributed by atoms with E-state index in [0.29, 0.717) is 30.0 Å². The number of amides is 2. The molecule has 0 bridgehead atoms. The van der Waals surface area contributed by atoms with Gasteiger partial charge in [-0.2, -0.15) is 0 Å². The highest BCUT2D eigenvalue weighted by molar-refractivity contribution is 7.09. The van der Waals surface area contributed by atoms with E-state index in [2.05, 4.69) is 15.6 Å². The maximum Gasteiger partial charge on any atom is 0.254 e. The summed E-state index contributed by atoms with van der Waals surface area (Å²) in [4.78, 5) is 34.2. The summed E-state index contributed by atoms with van der Waals surface area (Å²) in [6.45, 7) is 3.55. The van der Waals surface area contributed by atoms with Crippen molar-refractivity contribution in [2.45, 2.75) is 82.0 Å². The van der Waals surface area contributed by atoms with Crippen molar-refractivity contribution in [1.29, 1.82) is 0 Å². The van der Waals surface area contributed by atoms with Gasteiger partial charge in [0.25, 0.3) is 11.8 Å². The molecule has 2 unspecified atom stereocenters. The van der Waals surface area contributed by atoms with Crippen molar-refractivity contribution in [3.05, 3.63) is 86.9 Å². The zero-order chi connectivity index (χ0) is 27.6. The second kappa shape index (κ2) is 11.8. The lowest BCUT2D eigenvalue weighted by Gasteiger charge is -2.29. The third-order valence-electron chi connectivity index (χ3n) is 8.49. The molecule has 6 rings (SSSR count). The van der Waals surface area contributed by atoms with Crippen LogP contribution in [0, 0.1) is 6.92 Å². The fraction of sp³-hybridized carbons (Fsp3) is 0.469. The van der Waals surface area contributed by atoms with Gasteiger partial charge in [-0.3, -0.25) is 9.59 Å². The lowest BCUT2D eigenvalue weighted by atomic mass is 9.94. The van der Waals surface area contributed by atoms with Gasteiger partial charge in [0.2, 0.25) is 0 Å². The molecule has 3 heterocycles. The van der Waals surface area contributed by atoms with Gasteiger partial charge in [-0.15, -0.1) is 11.3 Å². The zero-order valence-electron chi connectivity index (χ0n) is 23.0. The Balaban J connectivity index is 1.26. The highest BCUT2D eigenvalue weighted by Crippen LogP contribution is 2.41. The molecule has 210 valence electrons. The number of aliphatic hydroxyl groups is 1. The van der Waals surface area contributed by atoms with Crippen molar-refractivity contribution in [3.63, 3.8) is 0 Å². The molecular weight excluding hydrogens is 520 g/mol. The van der Waals surface area contributed by atoms with Gasteiger partial charge in [-0.05, 0) is 93.7 Å².